The van der Waals surface area contributed by atoms with E-state index in [1.54, 1.807) is 12.1 Å². The van der Waals surface area contributed by atoms with E-state index in [0.29, 0.717) is 89.7 Å². The van der Waals surface area contributed by atoms with Gasteiger partial charge in [-0.05, 0) is 294 Å². The number of esters is 1. The van der Waals surface area contributed by atoms with Crippen molar-refractivity contribution in [3.05, 3.63) is 236 Å². The minimum absolute atomic E-state index is 0.0203. The fourth-order valence-electron chi connectivity index (χ4n) is 18.8. The summed E-state index contributed by atoms with van der Waals surface area (Å²) < 4.78 is 5.82. The highest BCUT2D eigenvalue weighted by Gasteiger charge is 2.56. The van der Waals surface area contributed by atoms with Crippen LogP contribution in [-0.4, -0.2) is 154 Å². The van der Waals surface area contributed by atoms with Crippen molar-refractivity contribution in [3.63, 3.8) is 0 Å². The molecule has 12 nitrogen and oxygen atoms in total. The van der Waals surface area contributed by atoms with E-state index in [1.807, 2.05) is 91.0 Å². The summed E-state index contributed by atoms with van der Waals surface area (Å²) in [6.45, 7) is 4.49. The SMILES string of the molecule is CC(C)Cc1ccc(C(=O)C[S+]2CCCC2)cc1.O=C(C[S+]1CCCC1)c1ccc(-c2ccccc2)cc1.O=C(C[S+]1CCCC1)c1ccc(C2CCCCC2)cc1.O=C(C[S+]1CCCC1)c1ccc(CO)cc1.O=C(C[S+]1CCCC1)c1ccc(OC(=O)C23CC4CC(CC(C4)C2)C3)cc1.O=C(C[S+]1CCCC1)c1ccc([N+](=O)[O-])cc1. The standard InChI is InChI=1S/C23H29O3S.C18H25OS.C18H19OS.C16H23OS.C13H17O2S.C12H14NO3S/c24-21(15-27-7-1-2-8-27)19-3-5-20(6-4-19)26-22(25)23-12-16-9-17(13-23)11-18(10-16)14-23;2*19-18(14-20-12-4-5-13-20)17-10-8-16(9-11-17)15-6-2-1-3-7-15;1-13(2)11-14-5-7-15(8-6-14)16(17)12-18-9-3-4-10-18;14-9-11-3-5-12(6-4-11)13(15)10-16-7-1-2-8-16;14-12(9-17-7-1-2-8-17)10-3-5-11(6-4-10)13(15)16/h3-6,16-18H,1-2,7-15H2;8-11,15H,1-7,12-14H2;1-3,6-11H,4-5,12-14H2;5-8,13H,3-4,9-12H2,1-2H3;3-6,14H,1-2,7-10H2;3-6H,1-2,7-9H2/q6*+1. The zero-order valence-corrected chi connectivity index (χ0v) is 74.9. The number of Topliss-reactive ketones (excluding diaryl/α,β-unsaturated/α-hetero) is 6. The maximum absolute atomic E-state index is 13.0. The van der Waals surface area contributed by atoms with E-state index in [-0.39, 0.29) is 62.8 Å². The van der Waals surface area contributed by atoms with Gasteiger partial charge in [0, 0.05) is 45.5 Å². The van der Waals surface area contributed by atoms with Gasteiger partial charge in [0.2, 0.25) is 34.7 Å². The molecule has 6 saturated heterocycles. The van der Waals surface area contributed by atoms with Crippen LogP contribution in [-0.2, 0) is 83.2 Å². The molecule has 0 atom stereocenters. The first-order valence-electron chi connectivity index (χ1n) is 44.0. The molecular formula is C100H127NO11S6+6. The molecule has 7 aromatic carbocycles. The second kappa shape index (κ2) is 46.7. The summed E-state index contributed by atoms with van der Waals surface area (Å²) in [6, 6.07) is 55.7. The highest BCUT2D eigenvalue weighted by molar-refractivity contribution is 7.99. The molecule has 0 aromatic heterocycles. The molecule has 0 spiro atoms. The highest BCUT2D eigenvalue weighted by atomic mass is 32.2. The van der Waals surface area contributed by atoms with Gasteiger partial charge < -0.3 is 9.84 Å². The van der Waals surface area contributed by atoms with Crippen molar-refractivity contribution in [2.45, 2.75) is 180 Å². The van der Waals surface area contributed by atoms with Gasteiger partial charge in [-0.3, -0.25) is 43.7 Å². The van der Waals surface area contributed by atoms with E-state index in [9.17, 15) is 43.7 Å². The second-order valence-electron chi connectivity index (χ2n) is 34.7. The van der Waals surface area contributed by atoms with E-state index in [4.69, 9.17) is 9.84 Å². The van der Waals surface area contributed by atoms with Crippen molar-refractivity contribution in [2.75, 3.05) is 104 Å². The molecule has 1 N–H and O–H groups in total. The molecule has 5 saturated carbocycles. The number of rotatable bonds is 26. The van der Waals surface area contributed by atoms with Crippen LogP contribution in [0.25, 0.3) is 11.1 Å². The number of carbonyl (C=O) groups excluding carboxylic acids is 7. The first-order valence-corrected chi connectivity index (χ1v) is 54.4. The third kappa shape index (κ3) is 28.0. The Kier molecular flexibility index (Phi) is 35.9. The van der Waals surface area contributed by atoms with Crippen LogP contribution in [0.2, 0.25) is 0 Å². The predicted molar refractivity (Wildman–Crippen MR) is 500 cm³/mol. The maximum atomic E-state index is 13.0. The van der Waals surface area contributed by atoms with Gasteiger partial charge in [0.1, 0.15) is 74.8 Å². The number of ether oxygens (including phenoxy) is 1. The molecule has 18 rings (SSSR count). The predicted octanol–water partition coefficient (Wildman–Crippen LogP) is 20.1. The Balaban J connectivity index is 0.000000131. The van der Waals surface area contributed by atoms with E-state index in [1.165, 1.54) is 232 Å². The summed E-state index contributed by atoms with van der Waals surface area (Å²) in [6.07, 6.45) is 30.5. The van der Waals surface area contributed by atoms with Crippen LogP contribution in [0.5, 0.6) is 5.75 Å². The van der Waals surface area contributed by atoms with Gasteiger partial charge in [-0.1, -0.05) is 161 Å². The summed E-state index contributed by atoms with van der Waals surface area (Å²) in [4.78, 5) is 96.1. The fraction of sp³-hybridized carbons (Fsp3) is 0.510. The molecule has 11 fully saturated rings. The van der Waals surface area contributed by atoms with Gasteiger partial charge in [0.15, 0.2) is 34.5 Å². The molecule has 7 aromatic rings. The largest absolute Gasteiger partial charge is 0.426 e. The number of benzene rings is 7. The lowest BCUT2D eigenvalue weighted by molar-refractivity contribution is -0.384. The molecule has 6 heterocycles. The van der Waals surface area contributed by atoms with Crippen molar-refractivity contribution in [2.24, 2.45) is 29.1 Å². The van der Waals surface area contributed by atoms with Gasteiger partial charge >= 0.3 is 5.97 Å². The Hall–Kier alpha value is -6.51. The lowest BCUT2D eigenvalue weighted by atomic mass is 9.49. The Morgan fingerprint density at radius 1 is 0.381 bits per heavy atom. The summed E-state index contributed by atoms with van der Waals surface area (Å²) in [5.41, 5.74) is 10.7. The van der Waals surface area contributed by atoms with Gasteiger partial charge in [-0.15, -0.1) is 0 Å². The number of nitrogens with zero attached hydrogens (tertiary/aromatic N) is 1. The third-order valence-corrected chi connectivity index (χ3v) is 39.4. The van der Waals surface area contributed by atoms with Crippen molar-refractivity contribution in [3.8, 4) is 16.9 Å². The van der Waals surface area contributed by atoms with E-state index in [2.05, 4.69) is 74.5 Å². The van der Waals surface area contributed by atoms with Gasteiger partial charge in [0.25, 0.3) is 5.69 Å². The molecule has 0 radical (unpaired) electrons. The number of carbonyl (C=O) groups is 7. The molecule has 11 aliphatic rings. The van der Waals surface area contributed by atoms with E-state index < -0.39 is 4.92 Å². The van der Waals surface area contributed by atoms with Crippen LogP contribution in [0.3, 0.4) is 0 Å². The number of hydrogen-bond donors (Lipinski definition) is 1. The highest BCUT2D eigenvalue weighted by Crippen LogP contribution is 2.60. The van der Waals surface area contributed by atoms with Gasteiger partial charge in [0.05, 0.1) is 16.9 Å². The molecular weight excluding hydrogens is 1580 g/mol. The lowest BCUT2D eigenvalue weighted by Crippen LogP contribution is -2.51. The van der Waals surface area contributed by atoms with Crippen LogP contribution in [0.15, 0.2) is 176 Å². The van der Waals surface area contributed by atoms with Crippen molar-refractivity contribution >= 4 is 112 Å². The minimum Gasteiger partial charge on any atom is -0.426 e. The molecule has 4 bridgehead atoms. The van der Waals surface area contributed by atoms with Crippen LogP contribution >= 0.6 is 0 Å². The Bertz CT molecular complexity index is 4310. The van der Waals surface area contributed by atoms with Gasteiger partial charge in [-0.25, -0.2) is 0 Å². The molecule has 6 aliphatic heterocycles. The number of nitro benzene ring substituents is 1. The van der Waals surface area contributed by atoms with Crippen molar-refractivity contribution in [1.82, 2.24) is 0 Å². The normalized spacial score (nSPS) is 21.2. The summed E-state index contributed by atoms with van der Waals surface area (Å²) in [5.74, 6) is 25.0. The number of ketones is 6. The zero-order chi connectivity index (χ0) is 82.6. The summed E-state index contributed by atoms with van der Waals surface area (Å²) in [7, 11) is 1.98. The van der Waals surface area contributed by atoms with Crippen molar-refractivity contribution < 1.29 is 48.3 Å². The van der Waals surface area contributed by atoms with E-state index >= 15 is 0 Å². The van der Waals surface area contributed by atoms with Crippen LogP contribution in [0.4, 0.5) is 5.69 Å². The molecule has 18 heteroatoms. The number of non-ortho nitro benzene ring substituents is 1. The maximum Gasteiger partial charge on any atom is 0.317 e. The number of aliphatic hydroxyl groups is 1. The monoisotopic (exact) mass is 1710 g/mol. The Labute approximate surface area is 720 Å². The quantitative estimate of drug-likeness (QED) is 0.0135. The molecule has 628 valence electrons. The number of hydrogen-bond acceptors (Lipinski definition) is 11. The lowest BCUT2D eigenvalue weighted by Gasteiger charge is -2.55. The smallest absolute Gasteiger partial charge is 0.317 e. The van der Waals surface area contributed by atoms with Crippen LogP contribution in [0, 0.1) is 39.2 Å². The third-order valence-electron chi connectivity index (χ3n) is 25.0. The summed E-state index contributed by atoms with van der Waals surface area (Å²) >= 11 is 0. The number of nitro groups is 1. The molecule has 5 aliphatic carbocycles. The molecule has 118 heavy (non-hydrogen) atoms. The van der Waals surface area contributed by atoms with Crippen LogP contribution < -0.4 is 4.74 Å². The Morgan fingerprint density at radius 3 is 1.00 bits per heavy atom. The zero-order valence-electron chi connectivity index (χ0n) is 70.0. The first kappa shape index (κ1) is 90.7. The second-order valence-corrected chi connectivity index (χ2v) is 48.7. The molecule has 0 unspecified atom stereocenters. The van der Waals surface area contributed by atoms with Gasteiger partial charge in [-0.2, -0.15) is 0 Å². The minimum atomic E-state index is -0.451. The summed E-state index contributed by atoms with van der Waals surface area (Å²) in [5, 5.41) is 19.4. The molecule has 0 amide bonds. The average molecular weight is 1710 g/mol. The first-order chi connectivity index (χ1) is 57.4. The average Bonchev–Trinajstić information content (AvgIpc) is 0.758. The Morgan fingerprint density at radius 2 is 0.678 bits per heavy atom. The fourth-order valence-corrected chi connectivity index (χ4v) is 32.3. The van der Waals surface area contributed by atoms with E-state index in [0.717, 1.165) is 106 Å². The topological polar surface area (TPSA) is 192 Å². The van der Waals surface area contributed by atoms with Crippen molar-refractivity contribution in [1.29, 1.82) is 0 Å². The van der Waals surface area contributed by atoms with Crippen LogP contribution in [0.1, 0.15) is 246 Å². The number of aliphatic hydroxyl groups excluding tert-OH is 1.